The van der Waals surface area contributed by atoms with Crippen LogP contribution in [0, 0.1) is 13.8 Å². The molecule has 152 valence electrons. The van der Waals surface area contributed by atoms with Crippen LogP contribution in [0.1, 0.15) is 33.3 Å². The molecule has 4 rings (SSSR count). The first-order chi connectivity index (χ1) is 14.6. The summed E-state index contributed by atoms with van der Waals surface area (Å²) in [5, 5.41) is 11.8. The number of esters is 1. The van der Waals surface area contributed by atoms with Gasteiger partial charge in [0, 0.05) is 5.56 Å². The Morgan fingerprint density at radius 2 is 1.83 bits per heavy atom. The van der Waals surface area contributed by atoms with Crippen LogP contribution in [0.5, 0.6) is 5.75 Å². The van der Waals surface area contributed by atoms with Gasteiger partial charge in [0.1, 0.15) is 18.1 Å². The Labute approximate surface area is 172 Å². The maximum Gasteiger partial charge on any atom is 0.338 e. The van der Waals surface area contributed by atoms with Gasteiger partial charge in [0.15, 0.2) is 6.61 Å². The fourth-order valence-electron chi connectivity index (χ4n) is 2.80. The second kappa shape index (κ2) is 8.60. The van der Waals surface area contributed by atoms with Crippen LogP contribution in [-0.2, 0) is 18.0 Å². The number of carbonyl (C=O) groups excluding carboxylic acids is 1. The van der Waals surface area contributed by atoms with Gasteiger partial charge < -0.3 is 18.4 Å². The molecule has 8 nitrogen and oxygen atoms in total. The van der Waals surface area contributed by atoms with E-state index in [0.717, 1.165) is 16.8 Å². The second-order valence-corrected chi connectivity index (χ2v) is 6.56. The zero-order chi connectivity index (χ0) is 20.9. The lowest BCUT2D eigenvalue weighted by Gasteiger charge is -2.08. The summed E-state index contributed by atoms with van der Waals surface area (Å²) in [6, 6.07) is 16.1. The van der Waals surface area contributed by atoms with Crippen LogP contribution in [0.2, 0.25) is 0 Å². The molecule has 0 aliphatic carbocycles. The van der Waals surface area contributed by atoms with Gasteiger partial charge in [-0.05, 0) is 44.2 Å². The molecule has 2 heterocycles. The summed E-state index contributed by atoms with van der Waals surface area (Å²) in [4.78, 5) is 12.4. The fourth-order valence-corrected chi connectivity index (χ4v) is 2.80. The third-order valence-corrected chi connectivity index (χ3v) is 4.45. The third kappa shape index (κ3) is 4.38. The van der Waals surface area contributed by atoms with E-state index in [9.17, 15) is 4.79 Å². The molecule has 0 bridgehead atoms. The van der Waals surface area contributed by atoms with E-state index in [-0.39, 0.29) is 12.5 Å². The van der Waals surface area contributed by atoms with E-state index < -0.39 is 5.97 Å². The lowest BCUT2D eigenvalue weighted by atomic mass is 10.2. The van der Waals surface area contributed by atoms with E-state index in [0.29, 0.717) is 29.6 Å². The third-order valence-electron chi connectivity index (χ3n) is 4.45. The van der Waals surface area contributed by atoms with Crippen molar-refractivity contribution < 1.29 is 23.2 Å². The minimum absolute atomic E-state index is 0.122. The molecule has 0 spiro atoms. The van der Waals surface area contributed by atoms with Crippen molar-refractivity contribution in [3.05, 3.63) is 83.1 Å². The zero-order valence-electron chi connectivity index (χ0n) is 16.5. The van der Waals surface area contributed by atoms with Crippen LogP contribution in [0.4, 0.5) is 0 Å². The molecule has 0 atom stereocenters. The molecule has 0 N–H and O–H groups in total. The normalized spacial score (nSPS) is 10.7. The van der Waals surface area contributed by atoms with Gasteiger partial charge in [-0.3, -0.25) is 0 Å². The largest absolute Gasteiger partial charge is 0.489 e. The van der Waals surface area contributed by atoms with Crippen LogP contribution in [-0.4, -0.2) is 21.3 Å². The molecule has 0 aliphatic heterocycles. The van der Waals surface area contributed by atoms with Gasteiger partial charge in [-0.1, -0.05) is 29.4 Å². The van der Waals surface area contributed by atoms with Crippen LogP contribution in [0.25, 0.3) is 11.5 Å². The highest BCUT2D eigenvalue weighted by molar-refractivity contribution is 5.89. The van der Waals surface area contributed by atoms with E-state index in [2.05, 4.69) is 15.4 Å². The quantitative estimate of drug-likeness (QED) is 0.420. The number of hydrogen-bond acceptors (Lipinski definition) is 8. The first-order valence-corrected chi connectivity index (χ1v) is 9.29. The Bertz CT molecular complexity index is 1130. The number of aryl methyl sites for hydroxylation is 2. The van der Waals surface area contributed by atoms with Crippen molar-refractivity contribution in [1.82, 2.24) is 15.4 Å². The molecule has 0 aliphatic rings. The Kier molecular flexibility index (Phi) is 5.56. The summed E-state index contributed by atoms with van der Waals surface area (Å²) in [6.45, 7) is 3.85. The summed E-state index contributed by atoms with van der Waals surface area (Å²) < 4.78 is 21.7. The molecule has 4 aromatic rings. The van der Waals surface area contributed by atoms with Crippen molar-refractivity contribution in [3.63, 3.8) is 0 Å². The van der Waals surface area contributed by atoms with Gasteiger partial charge in [-0.25, -0.2) is 4.79 Å². The predicted molar refractivity (Wildman–Crippen MR) is 106 cm³/mol. The van der Waals surface area contributed by atoms with Gasteiger partial charge in [0.2, 0.25) is 5.89 Å². The maximum atomic E-state index is 12.4. The molecule has 0 radical (unpaired) electrons. The topological polar surface area (TPSA) is 100 Å². The first-order valence-electron chi connectivity index (χ1n) is 9.29. The molecule has 0 unspecified atom stereocenters. The molecule has 30 heavy (non-hydrogen) atoms. The van der Waals surface area contributed by atoms with Crippen molar-refractivity contribution in [3.8, 4) is 17.2 Å². The fraction of sp³-hybridized carbons (Fsp3) is 0.182. The standard InChI is InChI=1S/C22H19N3O5/c1-14-19(15(2)30-25-14)12-27-18-10-6-9-17(11-18)22(26)28-13-20-23-24-21(29-20)16-7-4-3-5-8-16/h3-11H,12-13H2,1-2H3. The molecule has 0 amide bonds. The minimum Gasteiger partial charge on any atom is -0.489 e. The van der Waals surface area contributed by atoms with Gasteiger partial charge in [-0.2, -0.15) is 0 Å². The number of carbonyl (C=O) groups is 1. The highest BCUT2D eigenvalue weighted by Crippen LogP contribution is 2.20. The summed E-state index contributed by atoms with van der Waals surface area (Å²) in [5.41, 5.74) is 2.81. The van der Waals surface area contributed by atoms with Crippen LogP contribution in [0.3, 0.4) is 0 Å². The molecule has 2 aromatic carbocycles. The SMILES string of the molecule is Cc1noc(C)c1COc1cccc(C(=O)OCc2nnc(-c3ccccc3)o2)c1. The van der Waals surface area contributed by atoms with E-state index in [1.165, 1.54) is 0 Å². The maximum absolute atomic E-state index is 12.4. The molecule has 0 saturated heterocycles. The van der Waals surface area contributed by atoms with Gasteiger partial charge >= 0.3 is 5.97 Å². The van der Waals surface area contributed by atoms with Crippen molar-refractivity contribution in [2.45, 2.75) is 27.1 Å². The predicted octanol–water partition coefficient (Wildman–Crippen LogP) is 4.28. The van der Waals surface area contributed by atoms with E-state index in [1.54, 1.807) is 24.3 Å². The van der Waals surface area contributed by atoms with Gasteiger partial charge in [-0.15, -0.1) is 10.2 Å². The monoisotopic (exact) mass is 405 g/mol. The average Bonchev–Trinajstić information content (AvgIpc) is 3.38. The first kappa shape index (κ1) is 19.4. The van der Waals surface area contributed by atoms with E-state index >= 15 is 0 Å². The van der Waals surface area contributed by atoms with Gasteiger partial charge in [0.05, 0.1) is 16.8 Å². The van der Waals surface area contributed by atoms with Crippen molar-refractivity contribution in [2.24, 2.45) is 0 Å². The number of nitrogens with zero attached hydrogens (tertiary/aromatic N) is 3. The number of benzene rings is 2. The molecule has 0 fully saturated rings. The summed E-state index contributed by atoms with van der Waals surface area (Å²) in [6.07, 6.45) is 0. The number of aromatic nitrogens is 3. The molecule has 0 saturated carbocycles. The highest BCUT2D eigenvalue weighted by Gasteiger charge is 2.14. The lowest BCUT2D eigenvalue weighted by molar-refractivity contribution is 0.0438. The second-order valence-electron chi connectivity index (χ2n) is 6.56. The Morgan fingerprint density at radius 1 is 1.00 bits per heavy atom. The highest BCUT2D eigenvalue weighted by atomic mass is 16.5. The summed E-state index contributed by atoms with van der Waals surface area (Å²) in [5.74, 6) is 1.31. The van der Waals surface area contributed by atoms with Crippen LogP contribution < -0.4 is 4.74 Å². The van der Waals surface area contributed by atoms with E-state index in [4.69, 9.17) is 18.4 Å². The molecular formula is C22H19N3O5. The van der Waals surface area contributed by atoms with Crippen molar-refractivity contribution in [1.29, 1.82) is 0 Å². The number of hydrogen-bond donors (Lipinski definition) is 0. The van der Waals surface area contributed by atoms with Gasteiger partial charge in [0.25, 0.3) is 5.89 Å². The summed E-state index contributed by atoms with van der Waals surface area (Å²) >= 11 is 0. The smallest absolute Gasteiger partial charge is 0.338 e. The Balaban J connectivity index is 1.36. The van der Waals surface area contributed by atoms with Crippen LogP contribution in [0.15, 0.2) is 63.5 Å². The summed E-state index contributed by atoms with van der Waals surface area (Å²) in [7, 11) is 0. The average molecular weight is 405 g/mol. The zero-order valence-corrected chi connectivity index (χ0v) is 16.5. The molecule has 8 heteroatoms. The van der Waals surface area contributed by atoms with Crippen molar-refractivity contribution >= 4 is 5.97 Å². The molecular weight excluding hydrogens is 386 g/mol. The molecule has 2 aromatic heterocycles. The van der Waals surface area contributed by atoms with Crippen molar-refractivity contribution in [2.75, 3.05) is 0 Å². The van der Waals surface area contributed by atoms with Crippen LogP contribution >= 0.6 is 0 Å². The Hall–Kier alpha value is -3.94. The number of ether oxygens (including phenoxy) is 2. The van der Waals surface area contributed by atoms with E-state index in [1.807, 2.05) is 44.2 Å². The number of rotatable bonds is 7. The minimum atomic E-state index is -0.516. The Morgan fingerprint density at radius 3 is 2.60 bits per heavy atom. The lowest BCUT2D eigenvalue weighted by Crippen LogP contribution is -2.06.